The zero-order valence-corrected chi connectivity index (χ0v) is 15.3. The van der Waals surface area contributed by atoms with Gasteiger partial charge in [0.25, 0.3) is 5.91 Å². The van der Waals surface area contributed by atoms with Crippen LogP contribution < -0.4 is 4.90 Å². The van der Waals surface area contributed by atoms with Gasteiger partial charge in [-0.25, -0.2) is 0 Å². The number of para-hydroxylation sites is 2. The van der Waals surface area contributed by atoms with Gasteiger partial charge in [-0.05, 0) is 35.7 Å². The van der Waals surface area contributed by atoms with Gasteiger partial charge in [-0.1, -0.05) is 48.5 Å². The Bertz CT molecular complexity index is 1350. The van der Waals surface area contributed by atoms with Crippen molar-refractivity contribution in [3.63, 3.8) is 0 Å². The van der Waals surface area contributed by atoms with E-state index in [-0.39, 0.29) is 17.2 Å². The minimum absolute atomic E-state index is 0.0218. The molecule has 1 heterocycles. The number of anilines is 1. The maximum atomic E-state index is 13.0. The van der Waals surface area contributed by atoms with Gasteiger partial charge < -0.3 is 15.0 Å². The molecule has 4 heteroatoms. The molecule has 0 atom stereocenters. The number of phenols is 1. The van der Waals surface area contributed by atoms with E-state index in [1.165, 1.54) is 0 Å². The van der Waals surface area contributed by atoms with Crippen molar-refractivity contribution >= 4 is 44.2 Å². The molecule has 1 aromatic heterocycles. The summed E-state index contributed by atoms with van der Waals surface area (Å²) in [6.45, 7) is 0. The van der Waals surface area contributed by atoms with Crippen LogP contribution in [0, 0.1) is 0 Å². The average molecular weight is 366 g/mol. The van der Waals surface area contributed by atoms with E-state index in [0.29, 0.717) is 0 Å². The second-order valence-electron chi connectivity index (χ2n) is 6.95. The number of H-pyrrole nitrogens is 1. The van der Waals surface area contributed by atoms with Crippen LogP contribution in [-0.2, 0) is 0 Å². The Morgan fingerprint density at radius 2 is 1.61 bits per heavy atom. The lowest BCUT2D eigenvalue weighted by Gasteiger charge is -2.18. The second kappa shape index (κ2) is 6.13. The molecule has 0 unspecified atom stereocenters. The van der Waals surface area contributed by atoms with Crippen molar-refractivity contribution in [1.82, 2.24) is 4.98 Å². The van der Waals surface area contributed by atoms with Crippen molar-refractivity contribution in [2.24, 2.45) is 0 Å². The number of carbonyl (C=O) groups excluding carboxylic acids is 1. The van der Waals surface area contributed by atoms with Crippen LogP contribution in [0.3, 0.4) is 0 Å². The first-order valence-electron chi connectivity index (χ1n) is 9.13. The highest BCUT2D eigenvalue weighted by Gasteiger charge is 2.19. The van der Waals surface area contributed by atoms with Crippen molar-refractivity contribution in [2.75, 3.05) is 11.9 Å². The molecule has 0 aliphatic carbocycles. The fraction of sp³-hybridized carbons (Fsp3) is 0.0417. The number of fused-ring (bicyclic) bond motifs is 5. The Morgan fingerprint density at radius 3 is 2.43 bits per heavy atom. The normalized spacial score (nSPS) is 11.3. The van der Waals surface area contributed by atoms with Crippen LogP contribution in [0.4, 0.5) is 5.69 Å². The first-order valence-corrected chi connectivity index (χ1v) is 9.13. The lowest BCUT2D eigenvalue weighted by Crippen LogP contribution is -2.26. The molecule has 28 heavy (non-hydrogen) atoms. The topological polar surface area (TPSA) is 56.3 Å². The summed E-state index contributed by atoms with van der Waals surface area (Å²) in [6, 6.07) is 25.0. The molecular formula is C24H18N2O2. The Kier molecular flexibility index (Phi) is 3.59. The summed E-state index contributed by atoms with van der Waals surface area (Å²) >= 11 is 0. The fourth-order valence-electron chi connectivity index (χ4n) is 3.80. The molecule has 136 valence electrons. The lowest BCUT2D eigenvalue weighted by atomic mass is 10.0. The molecule has 1 amide bonds. The quantitative estimate of drug-likeness (QED) is 0.436. The van der Waals surface area contributed by atoms with E-state index in [0.717, 1.165) is 38.3 Å². The summed E-state index contributed by atoms with van der Waals surface area (Å²) in [5, 5.41) is 14.7. The van der Waals surface area contributed by atoms with Crippen LogP contribution in [0.5, 0.6) is 5.75 Å². The monoisotopic (exact) mass is 366 g/mol. The molecule has 0 radical (unpaired) electrons. The van der Waals surface area contributed by atoms with Gasteiger partial charge in [0.2, 0.25) is 0 Å². The average Bonchev–Trinajstić information content (AvgIpc) is 3.12. The van der Waals surface area contributed by atoms with Crippen molar-refractivity contribution in [2.45, 2.75) is 0 Å². The van der Waals surface area contributed by atoms with Crippen LogP contribution >= 0.6 is 0 Å². The summed E-state index contributed by atoms with van der Waals surface area (Å²) in [6.07, 6.45) is 0. The van der Waals surface area contributed by atoms with Gasteiger partial charge in [-0.15, -0.1) is 0 Å². The van der Waals surface area contributed by atoms with Crippen LogP contribution in [0.15, 0.2) is 78.9 Å². The highest BCUT2D eigenvalue weighted by molar-refractivity contribution is 6.19. The highest BCUT2D eigenvalue weighted by atomic mass is 16.3. The number of nitrogens with one attached hydrogen (secondary N) is 1. The molecule has 2 N–H and O–H groups in total. The van der Waals surface area contributed by atoms with Gasteiger partial charge >= 0.3 is 0 Å². The van der Waals surface area contributed by atoms with Gasteiger partial charge in [0, 0.05) is 34.4 Å². The molecule has 0 saturated carbocycles. The first kappa shape index (κ1) is 16.4. The second-order valence-corrected chi connectivity index (χ2v) is 6.95. The van der Waals surface area contributed by atoms with Crippen molar-refractivity contribution in [3.8, 4) is 5.75 Å². The van der Waals surface area contributed by atoms with E-state index in [4.69, 9.17) is 0 Å². The molecule has 5 rings (SSSR count). The lowest BCUT2D eigenvalue weighted by molar-refractivity contribution is 0.0990. The Labute approximate surface area is 161 Å². The summed E-state index contributed by atoms with van der Waals surface area (Å²) in [5.74, 6) is -0.270. The smallest absolute Gasteiger partial charge is 0.261 e. The minimum Gasteiger partial charge on any atom is -0.507 e. The molecular weight excluding hydrogens is 348 g/mol. The number of phenolic OH excluding ortho intramolecular Hbond substituents is 1. The number of amides is 1. The van der Waals surface area contributed by atoms with Gasteiger partial charge in [0.15, 0.2) is 0 Å². The number of carbonyl (C=O) groups is 1. The Hall–Kier alpha value is -3.79. The number of benzene rings is 4. The zero-order valence-electron chi connectivity index (χ0n) is 15.3. The SMILES string of the molecule is CN(C(=O)c1cc2ccc3c4ccccc4[nH]c3c2cc1O)c1ccccc1. The number of nitrogens with zero attached hydrogens (tertiary/aromatic N) is 1. The predicted octanol–water partition coefficient (Wildman–Crippen LogP) is 5.46. The Morgan fingerprint density at radius 1 is 0.857 bits per heavy atom. The number of aromatic amines is 1. The molecule has 0 aliphatic rings. The van der Waals surface area contributed by atoms with E-state index in [1.807, 2.05) is 54.6 Å². The van der Waals surface area contributed by atoms with Gasteiger partial charge in [-0.3, -0.25) is 4.79 Å². The van der Waals surface area contributed by atoms with Crippen LogP contribution in [0.25, 0.3) is 32.6 Å². The molecule has 0 aliphatic heterocycles. The standard InChI is InChI=1S/C24H18N2O2/c1-26(16-7-3-2-4-8-16)24(28)20-13-15-11-12-18-17-9-5-6-10-21(17)25-23(18)19(15)14-22(20)27/h2-14,25,27H,1H3. The summed E-state index contributed by atoms with van der Waals surface area (Å²) in [4.78, 5) is 18.0. The summed E-state index contributed by atoms with van der Waals surface area (Å²) in [5.41, 5.74) is 3.07. The van der Waals surface area contributed by atoms with Gasteiger partial charge in [-0.2, -0.15) is 0 Å². The molecule has 5 aromatic rings. The number of aromatic nitrogens is 1. The third-order valence-corrected chi connectivity index (χ3v) is 5.29. The number of hydrogen-bond acceptors (Lipinski definition) is 2. The number of aromatic hydroxyl groups is 1. The van der Waals surface area contributed by atoms with E-state index < -0.39 is 0 Å². The maximum absolute atomic E-state index is 13.0. The largest absolute Gasteiger partial charge is 0.507 e. The number of hydrogen-bond donors (Lipinski definition) is 2. The van der Waals surface area contributed by atoms with Crippen molar-refractivity contribution in [3.05, 3.63) is 84.4 Å². The molecule has 0 fully saturated rings. The zero-order chi connectivity index (χ0) is 19.3. The van der Waals surface area contributed by atoms with E-state index >= 15 is 0 Å². The Balaban J connectivity index is 1.67. The summed E-state index contributed by atoms with van der Waals surface area (Å²) in [7, 11) is 1.71. The minimum atomic E-state index is -0.248. The fourth-order valence-corrected chi connectivity index (χ4v) is 3.80. The van der Waals surface area contributed by atoms with Crippen LogP contribution in [0.1, 0.15) is 10.4 Å². The maximum Gasteiger partial charge on any atom is 0.261 e. The predicted molar refractivity (Wildman–Crippen MR) is 114 cm³/mol. The van der Waals surface area contributed by atoms with E-state index in [2.05, 4.69) is 17.1 Å². The first-order chi connectivity index (χ1) is 13.6. The van der Waals surface area contributed by atoms with E-state index in [9.17, 15) is 9.90 Å². The highest BCUT2D eigenvalue weighted by Crippen LogP contribution is 2.35. The molecule has 0 spiro atoms. The number of rotatable bonds is 2. The van der Waals surface area contributed by atoms with Crippen molar-refractivity contribution in [1.29, 1.82) is 0 Å². The summed E-state index contributed by atoms with van der Waals surface area (Å²) < 4.78 is 0. The molecule has 4 aromatic carbocycles. The van der Waals surface area contributed by atoms with Gasteiger partial charge in [0.05, 0.1) is 11.1 Å². The van der Waals surface area contributed by atoms with Crippen LogP contribution in [-0.4, -0.2) is 23.0 Å². The molecule has 0 bridgehead atoms. The van der Waals surface area contributed by atoms with E-state index in [1.54, 1.807) is 24.1 Å². The third-order valence-electron chi connectivity index (χ3n) is 5.29. The van der Waals surface area contributed by atoms with Gasteiger partial charge in [0.1, 0.15) is 5.75 Å². The van der Waals surface area contributed by atoms with Crippen molar-refractivity contribution < 1.29 is 9.90 Å². The third kappa shape index (κ3) is 2.42. The molecule has 4 nitrogen and oxygen atoms in total. The molecule has 0 saturated heterocycles. The van der Waals surface area contributed by atoms with Crippen LogP contribution in [0.2, 0.25) is 0 Å².